The number of urea groups is 1. The van der Waals surface area contributed by atoms with Gasteiger partial charge in [0.05, 0.1) is 0 Å². The third-order valence-electron chi connectivity index (χ3n) is 4.64. The molecule has 4 nitrogen and oxygen atoms in total. The van der Waals surface area contributed by atoms with Crippen LogP contribution in [0.3, 0.4) is 0 Å². The van der Waals surface area contributed by atoms with Gasteiger partial charge in [0.1, 0.15) is 11.6 Å². The Morgan fingerprint density at radius 1 is 1.15 bits per heavy atom. The van der Waals surface area contributed by atoms with E-state index in [1.807, 2.05) is 30.3 Å². The van der Waals surface area contributed by atoms with Crippen LogP contribution >= 0.6 is 12.6 Å². The minimum atomic E-state index is -0.466. The summed E-state index contributed by atoms with van der Waals surface area (Å²) in [5, 5.41) is 6.16. The number of carbonyl (C=O) groups excluding carboxylic acids is 1. The van der Waals surface area contributed by atoms with Crippen LogP contribution in [0.4, 0.5) is 13.6 Å². The van der Waals surface area contributed by atoms with E-state index in [1.165, 1.54) is 6.07 Å². The molecule has 2 aromatic rings. The largest absolute Gasteiger partial charge is 0.334 e. The van der Waals surface area contributed by atoms with Crippen LogP contribution in [-0.4, -0.2) is 35.3 Å². The quantitative estimate of drug-likeness (QED) is 0.662. The first kappa shape index (κ1) is 19.6. The highest BCUT2D eigenvalue weighted by Crippen LogP contribution is 2.22. The molecule has 1 aliphatic rings. The van der Waals surface area contributed by atoms with Crippen molar-refractivity contribution >= 4 is 18.7 Å². The topological polar surface area (TPSA) is 44.4 Å². The van der Waals surface area contributed by atoms with Crippen molar-refractivity contribution in [3.05, 3.63) is 71.3 Å². The molecule has 0 unspecified atom stereocenters. The molecule has 2 amide bonds. The molecule has 3 rings (SSSR count). The summed E-state index contributed by atoms with van der Waals surface area (Å²) in [6.07, 6.45) is 0.750. The number of rotatable bonds is 6. The lowest BCUT2D eigenvalue weighted by Gasteiger charge is -2.25. The molecule has 2 atom stereocenters. The van der Waals surface area contributed by atoms with Crippen LogP contribution in [0.2, 0.25) is 0 Å². The van der Waals surface area contributed by atoms with Gasteiger partial charge in [-0.3, -0.25) is 0 Å². The second-order valence-corrected chi connectivity index (χ2v) is 7.44. The first-order valence-electron chi connectivity index (χ1n) is 8.94. The Hall–Kier alpha value is -2.12. The molecule has 7 heteroatoms. The Bertz CT molecular complexity index is 775. The van der Waals surface area contributed by atoms with E-state index in [1.54, 1.807) is 4.90 Å². The fraction of sp³-hybridized carbons (Fsp3) is 0.350. The summed E-state index contributed by atoms with van der Waals surface area (Å²) >= 11 is 4.51. The molecule has 2 N–H and O–H groups in total. The highest BCUT2D eigenvalue weighted by Gasteiger charge is 2.33. The molecule has 27 heavy (non-hydrogen) atoms. The maximum absolute atomic E-state index is 13.7. The van der Waals surface area contributed by atoms with Gasteiger partial charge in [-0.15, -0.1) is 0 Å². The van der Waals surface area contributed by atoms with E-state index in [4.69, 9.17) is 0 Å². The van der Waals surface area contributed by atoms with Crippen molar-refractivity contribution in [1.82, 2.24) is 15.5 Å². The Morgan fingerprint density at radius 3 is 2.70 bits per heavy atom. The third kappa shape index (κ3) is 5.43. The predicted molar refractivity (Wildman–Crippen MR) is 105 cm³/mol. The summed E-state index contributed by atoms with van der Waals surface area (Å²) in [6.45, 7) is 1.72. The summed E-state index contributed by atoms with van der Waals surface area (Å²) in [5.41, 5.74) is 1.30. The molecule has 0 saturated carbocycles. The Kier molecular flexibility index (Phi) is 6.68. The van der Waals surface area contributed by atoms with Crippen molar-refractivity contribution in [2.45, 2.75) is 30.8 Å². The number of carbonyl (C=O) groups is 1. The summed E-state index contributed by atoms with van der Waals surface area (Å²) < 4.78 is 27.0. The first-order valence-corrected chi connectivity index (χ1v) is 9.45. The monoisotopic (exact) mass is 391 g/mol. The smallest absolute Gasteiger partial charge is 0.317 e. The second-order valence-electron chi connectivity index (χ2n) is 6.71. The number of nitrogens with zero attached hydrogens (tertiary/aromatic N) is 1. The van der Waals surface area contributed by atoms with E-state index >= 15 is 0 Å². The minimum absolute atomic E-state index is 0.0418. The second kappa shape index (κ2) is 9.19. The molecule has 0 radical (unpaired) electrons. The normalized spacial score (nSPS) is 19.3. The molecular weight excluding hydrogens is 368 g/mol. The van der Waals surface area contributed by atoms with Gasteiger partial charge in [-0.2, -0.15) is 12.6 Å². The Labute approximate surface area is 163 Å². The van der Waals surface area contributed by atoms with Crippen LogP contribution < -0.4 is 10.6 Å². The Balaban J connectivity index is 1.52. The van der Waals surface area contributed by atoms with Crippen LogP contribution in [-0.2, 0) is 13.1 Å². The van der Waals surface area contributed by atoms with E-state index in [0.29, 0.717) is 19.6 Å². The number of hydrogen-bond donors (Lipinski definition) is 3. The van der Waals surface area contributed by atoms with Crippen molar-refractivity contribution < 1.29 is 13.6 Å². The molecular formula is C20H23F2N3OS. The molecule has 1 heterocycles. The maximum atomic E-state index is 13.7. The molecule has 0 spiro atoms. The number of nitrogens with one attached hydrogen (secondary N) is 2. The van der Waals surface area contributed by atoms with E-state index in [2.05, 4.69) is 23.3 Å². The van der Waals surface area contributed by atoms with Gasteiger partial charge in [-0.1, -0.05) is 30.3 Å². The lowest BCUT2D eigenvalue weighted by atomic mass is 10.2. The lowest BCUT2D eigenvalue weighted by molar-refractivity contribution is 0.191. The highest BCUT2D eigenvalue weighted by molar-refractivity contribution is 7.81. The number of likely N-dealkylation sites (tertiary alicyclic amines) is 1. The zero-order chi connectivity index (χ0) is 19.2. The molecule has 1 aliphatic heterocycles. The third-order valence-corrected chi connectivity index (χ3v) is 5.02. The molecule has 0 aliphatic carbocycles. The van der Waals surface area contributed by atoms with Gasteiger partial charge < -0.3 is 15.5 Å². The zero-order valence-corrected chi connectivity index (χ0v) is 15.8. The number of hydrogen-bond acceptors (Lipinski definition) is 3. The number of benzene rings is 2. The standard InChI is InChI=1S/C20H23F2N3OS/c21-16-6-7-19(22)15(8-16)11-23-12-17-9-18(27)13-25(17)20(26)24-10-14-4-2-1-3-5-14/h1-8,17-18,23,27H,9-13H2,(H,24,26)/t17-,18+/m0/s1. The van der Waals surface area contributed by atoms with Crippen LogP contribution in [0.25, 0.3) is 0 Å². The average molecular weight is 391 g/mol. The van der Waals surface area contributed by atoms with Gasteiger partial charge in [0.25, 0.3) is 0 Å². The van der Waals surface area contributed by atoms with Gasteiger partial charge >= 0.3 is 6.03 Å². The van der Waals surface area contributed by atoms with Crippen molar-refractivity contribution in [2.24, 2.45) is 0 Å². The van der Waals surface area contributed by atoms with E-state index < -0.39 is 11.6 Å². The first-order chi connectivity index (χ1) is 13.0. The molecule has 1 fully saturated rings. The van der Waals surface area contributed by atoms with Crippen LogP contribution in [0.1, 0.15) is 17.5 Å². The molecule has 0 bridgehead atoms. The van der Waals surface area contributed by atoms with Gasteiger partial charge in [0.2, 0.25) is 0 Å². The van der Waals surface area contributed by atoms with Crippen LogP contribution in [0.5, 0.6) is 0 Å². The summed E-state index contributed by atoms with van der Waals surface area (Å²) in [5.74, 6) is -0.911. The minimum Gasteiger partial charge on any atom is -0.334 e. The van der Waals surface area contributed by atoms with E-state index in [0.717, 1.165) is 24.1 Å². The van der Waals surface area contributed by atoms with Crippen LogP contribution in [0, 0.1) is 11.6 Å². The van der Waals surface area contributed by atoms with Crippen molar-refractivity contribution in [2.75, 3.05) is 13.1 Å². The zero-order valence-electron chi connectivity index (χ0n) is 14.9. The predicted octanol–water partition coefficient (Wildman–Crippen LogP) is 3.34. The maximum Gasteiger partial charge on any atom is 0.317 e. The van der Waals surface area contributed by atoms with Crippen LogP contribution in [0.15, 0.2) is 48.5 Å². The summed E-state index contributed by atoms with van der Waals surface area (Å²) in [6, 6.07) is 12.9. The molecule has 1 saturated heterocycles. The SMILES string of the molecule is O=C(NCc1ccccc1)N1C[C@H](S)C[C@H]1CNCc1cc(F)ccc1F. The van der Waals surface area contributed by atoms with Gasteiger partial charge in [-0.05, 0) is 30.2 Å². The molecule has 144 valence electrons. The van der Waals surface area contributed by atoms with Gasteiger partial charge in [-0.25, -0.2) is 13.6 Å². The van der Waals surface area contributed by atoms with Crippen molar-refractivity contribution in [1.29, 1.82) is 0 Å². The van der Waals surface area contributed by atoms with Gasteiger partial charge in [0, 0.05) is 43.0 Å². The lowest BCUT2D eigenvalue weighted by Crippen LogP contribution is -2.46. The average Bonchev–Trinajstić information content (AvgIpc) is 3.04. The van der Waals surface area contributed by atoms with E-state index in [9.17, 15) is 13.6 Å². The van der Waals surface area contributed by atoms with Gasteiger partial charge in [0.15, 0.2) is 0 Å². The highest BCUT2D eigenvalue weighted by atomic mass is 32.1. The molecule has 2 aromatic carbocycles. The fourth-order valence-corrected chi connectivity index (χ4v) is 3.68. The van der Waals surface area contributed by atoms with E-state index in [-0.39, 0.29) is 29.4 Å². The number of halogens is 2. The van der Waals surface area contributed by atoms with Crippen molar-refractivity contribution in [3.63, 3.8) is 0 Å². The molecule has 0 aromatic heterocycles. The Morgan fingerprint density at radius 2 is 1.93 bits per heavy atom. The number of thiol groups is 1. The summed E-state index contributed by atoms with van der Waals surface area (Å²) in [4.78, 5) is 14.3. The van der Waals surface area contributed by atoms with Crippen molar-refractivity contribution in [3.8, 4) is 0 Å². The summed E-state index contributed by atoms with van der Waals surface area (Å²) in [7, 11) is 0. The fourth-order valence-electron chi connectivity index (χ4n) is 3.26. The number of amides is 2.